The third-order valence-electron chi connectivity index (χ3n) is 3.41. The van der Waals surface area contributed by atoms with Gasteiger partial charge in [0, 0.05) is 11.7 Å². The fourth-order valence-electron chi connectivity index (χ4n) is 2.30. The van der Waals surface area contributed by atoms with Crippen LogP contribution >= 0.6 is 11.3 Å². The van der Waals surface area contributed by atoms with Gasteiger partial charge in [-0.3, -0.25) is 9.89 Å². The van der Waals surface area contributed by atoms with Crippen molar-refractivity contribution in [3.8, 4) is 0 Å². The highest BCUT2D eigenvalue weighted by atomic mass is 32.1. The molecule has 0 saturated carbocycles. The molecule has 0 aliphatic carbocycles. The second-order valence-corrected chi connectivity index (χ2v) is 6.10. The van der Waals surface area contributed by atoms with E-state index in [-0.39, 0.29) is 5.91 Å². The van der Waals surface area contributed by atoms with Gasteiger partial charge in [0.15, 0.2) is 5.82 Å². The fourth-order valence-corrected chi connectivity index (χ4v) is 3.50. The molecule has 1 amide bonds. The average Bonchev–Trinajstić information content (AvgIpc) is 3.03. The maximum Gasteiger partial charge on any atom is 0.264 e. The third-order valence-corrected chi connectivity index (χ3v) is 4.67. The SMILES string of the molecule is Cc1nc(CN(C)C(=O)c2sc3ccccc3c2C)n[nH]1. The van der Waals surface area contributed by atoms with Crippen LogP contribution in [0.2, 0.25) is 0 Å². The maximum atomic E-state index is 12.6. The summed E-state index contributed by atoms with van der Waals surface area (Å²) in [6, 6.07) is 8.09. The summed E-state index contributed by atoms with van der Waals surface area (Å²) in [4.78, 5) is 19.3. The van der Waals surface area contributed by atoms with E-state index >= 15 is 0 Å². The highest BCUT2D eigenvalue weighted by Gasteiger charge is 2.19. The van der Waals surface area contributed by atoms with Crippen LogP contribution in [0.5, 0.6) is 0 Å². The van der Waals surface area contributed by atoms with Crippen molar-refractivity contribution in [3.05, 3.63) is 46.4 Å². The Morgan fingerprint density at radius 3 is 2.76 bits per heavy atom. The molecule has 2 aromatic heterocycles. The van der Waals surface area contributed by atoms with Crippen LogP contribution in [-0.4, -0.2) is 33.0 Å². The minimum atomic E-state index is 0.0103. The van der Waals surface area contributed by atoms with Gasteiger partial charge in [-0.05, 0) is 30.9 Å². The molecule has 0 atom stereocenters. The second-order valence-electron chi connectivity index (χ2n) is 5.05. The summed E-state index contributed by atoms with van der Waals surface area (Å²) in [6.45, 7) is 4.24. The molecule has 1 aromatic carbocycles. The molecule has 0 unspecified atom stereocenters. The number of aryl methyl sites for hydroxylation is 2. The van der Waals surface area contributed by atoms with Crippen molar-refractivity contribution in [1.29, 1.82) is 0 Å². The van der Waals surface area contributed by atoms with E-state index in [0.29, 0.717) is 12.4 Å². The van der Waals surface area contributed by atoms with Crippen LogP contribution in [0.25, 0.3) is 10.1 Å². The Morgan fingerprint density at radius 1 is 1.33 bits per heavy atom. The highest BCUT2D eigenvalue weighted by Crippen LogP contribution is 2.31. The number of hydrogen-bond donors (Lipinski definition) is 1. The smallest absolute Gasteiger partial charge is 0.264 e. The van der Waals surface area contributed by atoms with E-state index in [1.807, 2.05) is 32.0 Å². The number of amides is 1. The second kappa shape index (κ2) is 5.29. The number of thiophene rings is 1. The van der Waals surface area contributed by atoms with Crippen molar-refractivity contribution in [1.82, 2.24) is 20.1 Å². The molecule has 0 saturated heterocycles. The number of fused-ring (bicyclic) bond motifs is 1. The Balaban J connectivity index is 1.87. The molecule has 0 radical (unpaired) electrons. The van der Waals surface area contributed by atoms with E-state index in [9.17, 15) is 4.79 Å². The van der Waals surface area contributed by atoms with E-state index < -0.39 is 0 Å². The first kappa shape index (κ1) is 13.8. The molecule has 0 bridgehead atoms. The lowest BCUT2D eigenvalue weighted by molar-refractivity contribution is 0.0786. The van der Waals surface area contributed by atoms with Crippen LogP contribution in [0, 0.1) is 13.8 Å². The van der Waals surface area contributed by atoms with E-state index in [2.05, 4.69) is 21.2 Å². The van der Waals surface area contributed by atoms with Gasteiger partial charge in [0.1, 0.15) is 5.82 Å². The molecule has 0 aliphatic heterocycles. The summed E-state index contributed by atoms with van der Waals surface area (Å²) in [5.41, 5.74) is 1.04. The summed E-state index contributed by atoms with van der Waals surface area (Å²) >= 11 is 1.54. The zero-order chi connectivity index (χ0) is 15.0. The molecule has 3 rings (SSSR count). The molecular formula is C15H16N4OS. The number of H-pyrrole nitrogens is 1. The van der Waals surface area contributed by atoms with Crippen molar-refractivity contribution in [2.75, 3.05) is 7.05 Å². The Kier molecular flexibility index (Phi) is 3.47. The number of hydrogen-bond acceptors (Lipinski definition) is 4. The Bertz CT molecular complexity index is 805. The van der Waals surface area contributed by atoms with E-state index in [0.717, 1.165) is 26.4 Å². The van der Waals surface area contributed by atoms with Crippen molar-refractivity contribution >= 4 is 27.3 Å². The van der Waals surface area contributed by atoms with Crippen molar-refractivity contribution in [2.24, 2.45) is 0 Å². The lowest BCUT2D eigenvalue weighted by atomic mass is 10.1. The van der Waals surface area contributed by atoms with Crippen LogP contribution in [0.4, 0.5) is 0 Å². The van der Waals surface area contributed by atoms with Crippen LogP contribution in [0.15, 0.2) is 24.3 Å². The van der Waals surface area contributed by atoms with E-state index in [1.54, 1.807) is 11.9 Å². The molecule has 6 heteroatoms. The molecular weight excluding hydrogens is 284 g/mol. The first-order valence-electron chi connectivity index (χ1n) is 6.67. The topological polar surface area (TPSA) is 61.9 Å². The van der Waals surface area contributed by atoms with Crippen LogP contribution in [0.3, 0.4) is 0 Å². The quantitative estimate of drug-likeness (QED) is 0.809. The summed E-state index contributed by atoms with van der Waals surface area (Å²) in [6.07, 6.45) is 0. The summed E-state index contributed by atoms with van der Waals surface area (Å²) in [5.74, 6) is 1.39. The monoisotopic (exact) mass is 300 g/mol. The molecule has 2 heterocycles. The average molecular weight is 300 g/mol. The normalized spacial score (nSPS) is 11.0. The lowest BCUT2D eigenvalue weighted by Gasteiger charge is -2.14. The molecule has 0 fully saturated rings. The number of nitrogens with zero attached hydrogens (tertiary/aromatic N) is 3. The van der Waals surface area contributed by atoms with E-state index in [1.165, 1.54) is 11.3 Å². The van der Waals surface area contributed by atoms with Gasteiger partial charge in [-0.1, -0.05) is 18.2 Å². The Hall–Kier alpha value is -2.21. The highest BCUT2D eigenvalue weighted by molar-refractivity contribution is 7.21. The summed E-state index contributed by atoms with van der Waals surface area (Å²) < 4.78 is 1.14. The van der Waals surface area contributed by atoms with Crippen LogP contribution < -0.4 is 0 Å². The van der Waals surface area contributed by atoms with Gasteiger partial charge < -0.3 is 4.90 Å². The molecule has 108 valence electrons. The van der Waals surface area contributed by atoms with Crippen molar-refractivity contribution in [3.63, 3.8) is 0 Å². The Morgan fingerprint density at radius 2 is 2.10 bits per heavy atom. The number of aromatic nitrogens is 3. The predicted octanol–water partition coefficient (Wildman–Crippen LogP) is 2.91. The number of carbonyl (C=O) groups excluding carboxylic acids is 1. The molecule has 1 N–H and O–H groups in total. The molecule has 0 spiro atoms. The number of aromatic amines is 1. The lowest BCUT2D eigenvalue weighted by Crippen LogP contribution is -2.26. The van der Waals surface area contributed by atoms with Crippen molar-refractivity contribution in [2.45, 2.75) is 20.4 Å². The number of benzene rings is 1. The van der Waals surface area contributed by atoms with Crippen LogP contribution in [0.1, 0.15) is 26.9 Å². The molecule has 21 heavy (non-hydrogen) atoms. The molecule has 0 aliphatic rings. The standard InChI is InChI=1S/C15H16N4OS/c1-9-11-6-4-5-7-12(11)21-14(9)15(20)19(3)8-13-16-10(2)17-18-13/h4-7H,8H2,1-3H3,(H,16,17,18). The largest absolute Gasteiger partial charge is 0.333 e. The van der Waals surface area contributed by atoms with Gasteiger partial charge in [-0.15, -0.1) is 11.3 Å². The van der Waals surface area contributed by atoms with Crippen LogP contribution in [-0.2, 0) is 6.54 Å². The van der Waals surface area contributed by atoms with Crippen molar-refractivity contribution < 1.29 is 4.79 Å². The number of nitrogens with one attached hydrogen (secondary N) is 1. The van der Waals surface area contributed by atoms with Gasteiger partial charge >= 0.3 is 0 Å². The minimum absolute atomic E-state index is 0.0103. The molecule has 3 aromatic rings. The first-order chi connectivity index (χ1) is 10.1. The van der Waals surface area contributed by atoms with Gasteiger partial charge in [0.05, 0.1) is 11.4 Å². The van der Waals surface area contributed by atoms with E-state index in [4.69, 9.17) is 0 Å². The van der Waals surface area contributed by atoms with Gasteiger partial charge in [-0.2, -0.15) is 5.10 Å². The zero-order valence-electron chi connectivity index (χ0n) is 12.2. The fraction of sp³-hybridized carbons (Fsp3) is 0.267. The number of rotatable bonds is 3. The predicted molar refractivity (Wildman–Crippen MR) is 83.5 cm³/mol. The zero-order valence-corrected chi connectivity index (χ0v) is 13.0. The minimum Gasteiger partial charge on any atom is -0.333 e. The van der Waals surface area contributed by atoms with Gasteiger partial charge in [-0.25, -0.2) is 4.98 Å². The number of carbonyl (C=O) groups is 1. The van der Waals surface area contributed by atoms with Gasteiger partial charge in [0.2, 0.25) is 0 Å². The first-order valence-corrected chi connectivity index (χ1v) is 7.49. The summed E-state index contributed by atoms with van der Waals surface area (Å²) in [5, 5.41) is 8.01. The molecule has 5 nitrogen and oxygen atoms in total. The Labute approximate surface area is 126 Å². The maximum absolute atomic E-state index is 12.6. The van der Waals surface area contributed by atoms with Gasteiger partial charge in [0.25, 0.3) is 5.91 Å². The summed E-state index contributed by atoms with van der Waals surface area (Å²) in [7, 11) is 1.78. The third kappa shape index (κ3) is 2.54.